The van der Waals surface area contributed by atoms with Gasteiger partial charge >= 0.3 is 0 Å². The van der Waals surface area contributed by atoms with Crippen LogP contribution in [-0.4, -0.2) is 20.7 Å². The van der Waals surface area contributed by atoms with Gasteiger partial charge in [-0.15, -0.1) is 10.2 Å². The lowest BCUT2D eigenvalue weighted by atomic mass is 9.70. The number of nitrogens with one attached hydrogen (secondary N) is 1. The van der Waals surface area contributed by atoms with Crippen LogP contribution >= 0.6 is 0 Å². The first-order chi connectivity index (χ1) is 7.12. The van der Waals surface area contributed by atoms with Crippen LogP contribution in [0.1, 0.15) is 32.0 Å². The van der Waals surface area contributed by atoms with Gasteiger partial charge in [-0.3, -0.25) is 4.79 Å². The number of nitrogens with zero attached hydrogens (tertiary/aromatic N) is 3. The third kappa shape index (κ3) is 1.86. The van der Waals surface area contributed by atoms with Gasteiger partial charge in [0.15, 0.2) is 5.82 Å². The molecule has 1 fully saturated rings. The van der Waals surface area contributed by atoms with Gasteiger partial charge in [-0.25, -0.2) is 0 Å². The Labute approximate surface area is 88.9 Å². The number of rotatable bonds is 3. The quantitative estimate of drug-likeness (QED) is 0.792. The number of aromatic nitrogens is 3. The first-order valence-electron chi connectivity index (χ1n) is 5.23. The van der Waals surface area contributed by atoms with E-state index in [1.807, 2.05) is 18.5 Å². The molecule has 0 aliphatic heterocycles. The molecule has 15 heavy (non-hydrogen) atoms. The molecule has 0 radical (unpaired) electrons. The fourth-order valence-corrected chi connectivity index (χ4v) is 1.77. The highest BCUT2D eigenvalue weighted by molar-refractivity contribution is 5.82. The van der Waals surface area contributed by atoms with Crippen molar-refractivity contribution < 1.29 is 4.79 Å². The van der Waals surface area contributed by atoms with Crippen molar-refractivity contribution in [1.29, 1.82) is 0 Å². The zero-order chi connectivity index (χ0) is 10.9. The summed E-state index contributed by atoms with van der Waals surface area (Å²) in [5.74, 6) is 0.919. The minimum absolute atomic E-state index is 0.136. The minimum Gasteiger partial charge on any atom is -0.348 e. The molecule has 0 saturated heterocycles. The third-order valence-corrected chi connectivity index (χ3v) is 3.22. The third-order valence-electron chi connectivity index (χ3n) is 3.22. The van der Waals surface area contributed by atoms with Crippen LogP contribution in [0, 0.1) is 5.41 Å². The van der Waals surface area contributed by atoms with Gasteiger partial charge in [-0.1, -0.05) is 13.3 Å². The fraction of sp³-hybridized carbons (Fsp3) is 0.700. The van der Waals surface area contributed by atoms with E-state index in [0.29, 0.717) is 6.54 Å². The Bertz CT molecular complexity index is 367. The van der Waals surface area contributed by atoms with E-state index in [1.165, 1.54) is 0 Å². The zero-order valence-electron chi connectivity index (χ0n) is 9.16. The molecule has 0 spiro atoms. The fourth-order valence-electron chi connectivity index (χ4n) is 1.77. The van der Waals surface area contributed by atoms with Gasteiger partial charge in [0.2, 0.25) is 5.91 Å². The highest BCUT2D eigenvalue weighted by atomic mass is 16.2. The van der Waals surface area contributed by atoms with Gasteiger partial charge < -0.3 is 9.88 Å². The summed E-state index contributed by atoms with van der Waals surface area (Å²) in [5.41, 5.74) is -0.140. The maximum Gasteiger partial charge on any atom is 0.226 e. The molecule has 1 N–H and O–H groups in total. The molecule has 1 heterocycles. The molecule has 2 rings (SSSR count). The predicted octanol–water partition coefficient (Wildman–Crippen LogP) is 0.621. The van der Waals surface area contributed by atoms with Crippen LogP contribution in [0.5, 0.6) is 0 Å². The number of hydrogen-bond acceptors (Lipinski definition) is 3. The molecule has 0 bridgehead atoms. The van der Waals surface area contributed by atoms with Crippen LogP contribution in [0.2, 0.25) is 0 Å². The van der Waals surface area contributed by atoms with Gasteiger partial charge in [-0.05, 0) is 12.8 Å². The van der Waals surface area contributed by atoms with E-state index in [1.54, 1.807) is 6.33 Å². The normalized spacial score (nSPS) is 18.3. The molecule has 1 aromatic heterocycles. The Kier molecular flexibility index (Phi) is 2.46. The second kappa shape index (κ2) is 3.64. The van der Waals surface area contributed by atoms with E-state index in [2.05, 4.69) is 15.5 Å². The van der Waals surface area contributed by atoms with E-state index in [0.717, 1.165) is 25.1 Å². The van der Waals surface area contributed by atoms with Gasteiger partial charge in [0, 0.05) is 12.5 Å². The van der Waals surface area contributed by atoms with Crippen molar-refractivity contribution in [2.45, 2.75) is 32.7 Å². The van der Waals surface area contributed by atoms with E-state index in [4.69, 9.17) is 0 Å². The Morgan fingerprint density at radius 2 is 2.40 bits per heavy atom. The molecule has 1 amide bonds. The van der Waals surface area contributed by atoms with Crippen molar-refractivity contribution in [3.05, 3.63) is 12.2 Å². The summed E-state index contributed by atoms with van der Waals surface area (Å²) in [6.07, 6.45) is 4.79. The smallest absolute Gasteiger partial charge is 0.226 e. The highest BCUT2D eigenvalue weighted by Crippen LogP contribution is 2.40. The number of carbonyl (C=O) groups is 1. The Hall–Kier alpha value is -1.39. The summed E-state index contributed by atoms with van der Waals surface area (Å²) >= 11 is 0. The standard InChI is InChI=1S/C10H16N4O/c1-10(4-3-5-10)9(15)11-6-8-13-12-7-14(8)2/h7H,3-6H2,1-2H3,(H,11,15). The average molecular weight is 208 g/mol. The molecule has 1 aliphatic carbocycles. The molecule has 0 aromatic carbocycles. The number of hydrogen-bond donors (Lipinski definition) is 1. The van der Waals surface area contributed by atoms with Crippen molar-refractivity contribution in [1.82, 2.24) is 20.1 Å². The number of aryl methyl sites for hydroxylation is 1. The van der Waals surface area contributed by atoms with E-state index in [-0.39, 0.29) is 11.3 Å². The van der Waals surface area contributed by atoms with Gasteiger partial charge in [0.1, 0.15) is 6.33 Å². The highest BCUT2D eigenvalue weighted by Gasteiger charge is 2.38. The van der Waals surface area contributed by atoms with Crippen LogP contribution in [0.4, 0.5) is 0 Å². The Morgan fingerprint density at radius 3 is 2.87 bits per heavy atom. The lowest BCUT2D eigenvalue weighted by molar-refractivity contribution is -0.134. The zero-order valence-corrected chi connectivity index (χ0v) is 9.16. The Morgan fingerprint density at radius 1 is 1.67 bits per heavy atom. The molecular weight excluding hydrogens is 192 g/mol. The van der Waals surface area contributed by atoms with Crippen molar-refractivity contribution in [3.8, 4) is 0 Å². The summed E-state index contributed by atoms with van der Waals surface area (Å²) in [6, 6.07) is 0. The Balaban J connectivity index is 1.88. The summed E-state index contributed by atoms with van der Waals surface area (Å²) in [6.45, 7) is 2.48. The predicted molar refractivity (Wildman–Crippen MR) is 54.8 cm³/mol. The summed E-state index contributed by atoms with van der Waals surface area (Å²) < 4.78 is 1.81. The average Bonchev–Trinajstić information content (AvgIpc) is 2.56. The van der Waals surface area contributed by atoms with Gasteiger partial charge in [-0.2, -0.15) is 0 Å². The molecule has 1 aliphatic rings. The largest absolute Gasteiger partial charge is 0.348 e. The SMILES string of the molecule is Cn1cnnc1CNC(=O)C1(C)CCC1. The summed E-state index contributed by atoms with van der Waals surface area (Å²) in [4.78, 5) is 11.8. The van der Waals surface area contributed by atoms with E-state index >= 15 is 0 Å². The molecule has 82 valence electrons. The number of amides is 1. The van der Waals surface area contributed by atoms with Crippen LogP contribution in [0.25, 0.3) is 0 Å². The molecule has 1 aromatic rings. The topological polar surface area (TPSA) is 59.8 Å². The number of carbonyl (C=O) groups excluding carboxylic acids is 1. The molecule has 5 nitrogen and oxygen atoms in total. The van der Waals surface area contributed by atoms with Gasteiger partial charge in [0.25, 0.3) is 0 Å². The van der Waals surface area contributed by atoms with E-state index < -0.39 is 0 Å². The van der Waals surface area contributed by atoms with Crippen molar-refractivity contribution in [3.63, 3.8) is 0 Å². The monoisotopic (exact) mass is 208 g/mol. The second-order valence-electron chi connectivity index (χ2n) is 4.45. The van der Waals surface area contributed by atoms with Crippen molar-refractivity contribution >= 4 is 5.91 Å². The van der Waals surface area contributed by atoms with Crippen molar-refractivity contribution in [2.75, 3.05) is 0 Å². The molecule has 5 heteroatoms. The van der Waals surface area contributed by atoms with Crippen molar-refractivity contribution in [2.24, 2.45) is 12.5 Å². The van der Waals surface area contributed by atoms with Crippen LogP contribution in [0.15, 0.2) is 6.33 Å². The first kappa shape index (κ1) is 10.1. The molecule has 0 atom stereocenters. The van der Waals surface area contributed by atoms with Crippen LogP contribution in [-0.2, 0) is 18.4 Å². The van der Waals surface area contributed by atoms with Crippen LogP contribution < -0.4 is 5.32 Å². The molecular formula is C10H16N4O. The van der Waals surface area contributed by atoms with Gasteiger partial charge in [0.05, 0.1) is 6.54 Å². The lowest BCUT2D eigenvalue weighted by Gasteiger charge is -2.36. The maximum atomic E-state index is 11.8. The summed E-state index contributed by atoms with van der Waals surface area (Å²) in [7, 11) is 1.87. The molecule has 1 saturated carbocycles. The second-order valence-corrected chi connectivity index (χ2v) is 4.45. The molecule has 0 unspecified atom stereocenters. The lowest BCUT2D eigenvalue weighted by Crippen LogP contribution is -2.43. The first-order valence-corrected chi connectivity index (χ1v) is 5.23. The minimum atomic E-state index is -0.140. The van der Waals surface area contributed by atoms with Crippen LogP contribution in [0.3, 0.4) is 0 Å². The maximum absolute atomic E-state index is 11.8. The summed E-state index contributed by atoms with van der Waals surface area (Å²) in [5, 5.41) is 10.6. The van der Waals surface area contributed by atoms with E-state index in [9.17, 15) is 4.79 Å².